The molecule has 1 heterocycles. The van der Waals surface area contributed by atoms with E-state index >= 15 is 0 Å². The van der Waals surface area contributed by atoms with Crippen LogP contribution >= 0.6 is 0 Å². The van der Waals surface area contributed by atoms with Crippen molar-refractivity contribution in [3.63, 3.8) is 0 Å². The second-order valence-electron chi connectivity index (χ2n) is 6.04. The molecule has 1 amide bonds. The van der Waals surface area contributed by atoms with Crippen LogP contribution in [0.25, 0.3) is 0 Å². The molecule has 1 saturated carbocycles. The summed E-state index contributed by atoms with van der Waals surface area (Å²) in [7, 11) is 0. The molecule has 0 aromatic carbocycles. The van der Waals surface area contributed by atoms with E-state index in [9.17, 15) is 4.79 Å². The molecule has 21 heavy (non-hydrogen) atoms. The van der Waals surface area contributed by atoms with Gasteiger partial charge in [0.05, 0.1) is 11.9 Å². The number of hydrogen-bond donors (Lipinski definition) is 2. The van der Waals surface area contributed by atoms with E-state index in [1.54, 1.807) is 13.1 Å². The normalized spacial score (nSPS) is 15.8. The van der Waals surface area contributed by atoms with Crippen molar-refractivity contribution in [2.75, 3.05) is 6.54 Å². The minimum Gasteiger partial charge on any atom is -0.479 e. The molecule has 2 N–H and O–H groups in total. The molecule has 1 aromatic rings. The van der Waals surface area contributed by atoms with Gasteiger partial charge in [0.2, 0.25) is 0 Å². The molecule has 5 nitrogen and oxygen atoms in total. The van der Waals surface area contributed by atoms with Gasteiger partial charge in [0.25, 0.3) is 5.91 Å². The van der Waals surface area contributed by atoms with Gasteiger partial charge >= 0.3 is 0 Å². The van der Waals surface area contributed by atoms with Gasteiger partial charge in [0.15, 0.2) is 6.10 Å². The summed E-state index contributed by atoms with van der Waals surface area (Å²) in [5, 5.41) is 6.27. The molecule has 0 aliphatic heterocycles. The smallest absolute Gasteiger partial charge is 0.260 e. The minimum atomic E-state index is -0.513. The number of hydrogen-bond acceptors (Lipinski definition) is 4. The number of aromatic nitrogens is 1. The van der Waals surface area contributed by atoms with Crippen LogP contribution in [0.3, 0.4) is 0 Å². The molecule has 0 radical (unpaired) electrons. The van der Waals surface area contributed by atoms with Crippen LogP contribution in [0.1, 0.15) is 39.3 Å². The number of nitrogens with one attached hydrogen (secondary N) is 2. The van der Waals surface area contributed by atoms with Crippen molar-refractivity contribution in [2.45, 2.75) is 52.3 Å². The van der Waals surface area contributed by atoms with Crippen molar-refractivity contribution in [1.82, 2.24) is 15.6 Å². The first-order chi connectivity index (χ1) is 10.0. The lowest BCUT2D eigenvalue weighted by Gasteiger charge is -2.15. The summed E-state index contributed by atoms with van der Waals surface area (Å²) >= 11 is 0. The summed E-state index contributed by atoms with van der Waals surface area (Å²) in [5.41, 5.74) is 0.992. The maximum absolute atomic E-state index is 11.8. The van der Waals surface area contributed by atoms with Crippen molar-refractivity contribution in [3.05, 3.63) is 24.0 Å². The molecule has 1 unspecified atom stereocenters. The van der Waals surface area contributed by atoms with Crippen molar-refractivity contribution >= 4 is 5.91 Å². The summed E-state index contributed by atoms with van der Waals surface area (Å²) in [5.74, 6) is 0.960. The first-order valence-corrected chi connectivity index (χ1v) is 7.67. The molecule has 5 heteroatoms. The van der Waals surface area contributed by atoms with E-state index in [-0.39, 0.29) is 5.91 Å². The van der Waals surface area contributed by atoms with Gasteiger partial charge in [-0.1, -0.05) is 13.8 Å². The van der Waals surface area contributed by atoms with Gasteiger partial charge in [-0.3, -0.25) is 9.78 Å². The van der Waals surface area contributed by atoms with Crippen molar-refractivity contribution in [1.29, 1.82) is 0 Å². The van der Waals surface area contributed by atoms with E-state index in [2.05, 4.69) is 29.5 Å². The largest absolute Gasteiger partial charge is 0.479 e. The molecule has 1 aliphatic rings. The predicted octanol–water partition coefficient (Wildman–Crippen LogP) is 1.87. The number of nitrogens with zero attached hydrogens (tertiary/aromatic N) is 1. The SMILES string of the molecule is CC(C)CNC(=O)C(C)Oc1ccc(CNC2CC2)nc1. The van der Waals surface area contributed by atoms with Gasteiger partial charge < -0.3 is 15.4 Å². The molecule has 0 saturated heterocycles. The summed E-state index contributed by atoms with van der Waals surface area (Å²) in [6, 6.07) is 4.47. The number of carbonyl (C=O) groups is 1. The number of rotatable bonds is 8. The minimum absolute atomic E-state index is 0.0943. The quantitative estimate of drug-likeness (QED) is 0.767. The van der Waals surface area contributed by atoms with Crippen molar-refractivity contribution in [2.24, 2.45) is 5.92 Å². The maximum atomic E-state index is 11.8. The van der Waals surface area contributed by atoms with Crippen LogP contribution in [-0.4, -0.2) is 29.6 Å². The molecule has 1 fully saturated rings. The molecule has 2 rings (SSSR count). The second kappa shape index (κ2) is 7.41. The Morgan fingerprint density at radius 1 is 1.38 bits per heavy atom. The summed E-state index contributed by atoms with van der Waals surface area (Å²) in [6.07, 6.45) is 3.70. The van der Waals surface area contributed by atoms with Gasteiger partial charge in [0.1, 0.15) is 5.75 Å². The van der Waals surface area contributed by atoms with E-state index < -0.39 is 6.10 Å². The predicted molar refractivity (Wildman–Crippen MR) is 82.0 cm³/mol. The first kappa shape index (κ1) is 15.8. The average Bonchev–Trinajstić information content (AvgIpc) is 3.28. The van der Waals surface area contributed by atoms with Crippen LogP contribution in [0.15, 0.2) is 18.3 Å². The lowest BCUT2D eigenvalue weighted by Crippen LogP contribution is -2.38. The van der Waals surface area contributed by atoms with E-state index in [4.69, 9.17) is 4.74 Å². The fourth-order valence-electron chi connectivity index (χ4n) is 1.83. The highest BCUT2D eigenvalue weighted by Gasteiger charge is 2.20. The molecular weight excluding hydrogens is 266 g/mol. The Labute approximate surface area is 126 Å². The van der Waals surface area contributed by atoms with Crippen LogP contribution < -0.4 is 15.4 Å². The average molecular weight is 291 g/mol. The Morgan fingerprint density at radius 2 is 2.14 bits per heavy atom. The molecule has 116 valence electrons. The van der Waals surface area contributed by atoms with Gasteiger partial charge in [-0.05, 0) is 37.8 Å². The van der Waals surface area contributed by atoms with Crippen LogP contribution in [0.2, 0.25) is 0 Å². The molecule has 0 spiro atoms. The van der Waals surface area contributed by atoms with Gasteiger partial charge in [-0.2, -0.15) is 0 Å². The fraction of sp³-hybridized carbons (Fsp3) is 0.625. The summed E-state index contributed by atoms with van der Waals surface area (Å²) in [4.78, 5) is 16.2. The zero-order valence-electron chi connectivity index (χ0n) is 13.1. The maximum Gasteiger partial charge on any atom is 0.260 e. The first-order valence-electron chi connectivity index (χ1n) is 7.67. The standard InChI is InChI=1S/C16H25N3O2/c1-11(2)8-19-16(20)12(3)21-15-7-6-14(18-10-15)9-17-13-4-5-13/h6-7,10-13,17H,4-5,8-9H2,1-3H3,(H,19,20). The zero-order chi connectivity index (χ0) is 15.2. The Kier molecular flexibility index (Phi) is 5.56. The van der Waals surface area contributed by atoms with Gasteiger partial charge in [-0.15, -0.1) is 0 Å². The molecule has 1 atom stereocenters. The van der Waals surface area contributed by atoms with E-state index in [1.165, 1.54) is 12.8 Å². The van der Waals surface area contributed by atoms with Crippen LogP contribution in [0.4, 0.5) is 0 Å². The second-order valence-corrected chi connectivity index (χ2v) is 6.04. The number of ether oxygens (including phenoxy) is 1. The monoisotopic (exact) mass is 291 g/mol. The summed E-state index contributed by atoms with van der Waals surface area (Å²) in [6.45, 7) is 7.32. The highest BCUT2D eigenvalue weighted by atomic mass is 16.5. The van der Waals surface area contributed by atoms with Crippen LogP contribution in [0.5, 0.6) is 5.75 Å². The highest BCUT2D eigenvalue weighted by Crippen LogP contribution is 2.19. The Morgan fingerprint density at radius 3 is 2.71 bits per heavy atom. The van der Waals surface area contributed by atoms with Gasteiger partial charge in [-0.25, -0.2) is 0 Å². The molecular formula is C16H25N3O2. The molecule has 1 aromatic heterocycles. The topological polar surface area (TPSA) is 63.2 Å². The third-order valence-electron chi connectivity index (χ3n) is 3.31. The lowest BCUT2D eigenvalue weighted by molar-refractivity contribution is -0.127. The lowest BCUT2D eigenvalue weighted by atomic mass is 10.2. The third-order valence-corrected chi connectivity index (χ3v) is 3.31. The summed E-state index contributed by atoms with van der Waals surface area (Å²) < 4.78 is 5.61. The number of amides is 1. The van der Waals surface area contributed by atoms with Crippen molar-refractivity contribution in [3.8, 4) is 5.75 Å². The number of pyridine rings is 1. The third kappa shape index (κ3) is 5.71. The number of carbonyl (C=O) groups excluding carboxylic acids is 1. The van der Waals surface area contributed by atoms with Crippen molar-refractivity contribution < 1.29 is 9.53 Å². The molecule has 1 aliphatic carbocycles. The van der Waals surface area contributed by atoms with Crippen LogP contribution in [-0.2, 0) is 11.3 Å². The van der Waals surface area contributed by atoms with E-state index in [0.717, 1.165) is 12.2 Å². The molecule has 0 bridgehead atoms. The van der Waals surface area contributed by atoms with E-state index in [0.29, 0.717) is 24.3 Å². The Hall–Kier alpha value is -1.62. The highest BCUT2D eigenvalue weighted by molar-refractivity contribution is 5.80. The van der Waals surface area contributed by atoms with E-state index in [1.807, 2.05) is 12.1 Å². The Bertz CT molecular complexity index is 455. The van der Waals surface area contributed by atoms with Crippen LogP contribution in [0, 0.1) is 5.92 Å². The fourth-order valence-corrected chi connectivity index (χ4v) is 1.83. The van der Waals surface area contributed by atoms with Gasteiger partial charge in [0, 0.05) is 19.1 Å². The Balaban J connectivity index is 1.76. The zero-order valence-corrected chi connectivity index (χ0v) is 13.1.